The van der Waals surface area contributed by atoms with Crippen LogP contribution in [0.2, 0.25) is 0 Å². The van der Waals surface area contributed by atoms with Crippen LogP contribution in [0, 0.1) is 11.8 Å². The highest BCUT2D eigenvalue weighted by Crippen LogP contribution is 2.58. The molecule has 0 spiro atoms. The maximum Gasteiger partial charge on any atom is 0.317 e. The molecule has 14 nitrogen and oxygen atoms in total. The van der Waals surface area contributed by atoms with Gasteiger partial charge in [-0.1, -0.05) is 116 Å². The maximum absolute atomic E-state index is 13.7. The Morgan fingerprint density at radius 2 is 1.06 bits per heavy atom. The van der Waals surface area contributed by atoms with Crippen molar-refractivity contribution in [3.8, 4) is 62.1 Å². The smallest absolute Gasteiger partial charge is 0.317 e. The number of carbonyl (C=O) groups is 3. The van der Waals surface area contributed by atoms with Gasteiger partial charge in [-0.15, -0.1) is 0 Å². The highest BCUT2D eigenvalue weighted by molar-refractivity contribution is 7.75. The molecule has 4 heterocycles. The molecule has 1 saturated heterocycles. The number of aliphatic hydroxyl groups excluding tert-OH is 1. The lowest BCUT2D eigenvalue weighted by Crippen LogP contribution is -2.26. The summed E-state index contributed by atoms with van der Waals surface area (Å²) in [5.41, 5.74) is 5.15. The van der Waals surface area contributed by atoms with Crippen LogP contribution in [0.3, 0.4) is 0 Å². The second-order valence-electron chi connectivity index (χ2n) is 16.7. The van der Waals surface area contributed by atoms with Crippen LogP contribution < -0.4 is 34.8 Å². The average molecular weight is 999 g/mol. The molecule has 356 valence electrons. The van der Waals surface area contributed by atoms with Gasteiger partial charge in [-0.25, -0.2) is 0 Å². The fourth-order valence-electron chi connectivity index (χ4n) is 8.74. The van der Waals surface area contributed by atoms with E-state index in [0.717, 1.165) is 33.4 Å². The van der Waals surface area contributed by atoms with Gasteiger partial charge in [0.1, 0.15) is 35.4 Å². The summed E-state index contributed by atoms with van der Waals surface area (Å²) in [6, 6.07) is 48.1. The van der Waals surface area contributed by atoms with E-state index in [4.69, 9.17) is 23.4 Å². The SMILES string of the molecule is CC(CP1(=O)Oc2ccccc2-c2ccccc21)C(=O)OCCO.O=C1CC(CP2(=O)Oc3ccccc3-c3ccccc32)C(=O)O1.O=P1(c2cc(O)ccc2O)Oc2ccccc2-c2ccccc21. The van der Waals surface area contributed by atoms with Crippen molar-refractivity contribution in [1.82, 2.24) is 0 Å². The van der Waals surface area contributed by atoms with E-state index >= 15 is 0 Å². The summed E-state index contributed by atoms with van der Waals surface area (Å²) in [7, 11) is -10.1. The third kappa shape index (κ3) is 9.31. The number of ether oxygens (including phenoxy) is 2. The number of para-hydroxylation sites is 3. The van der Waals surface area contributed by atoms with E-state index in [1.807, 2.05) is 91.0 Å². The lowest BCUT2D eigenvalue weighted by molar-refractivity contribution is -0.153. The Labute approximate surface area is 402 Å². The first kappa shape index (κ1) is 47.8. The van der Waals surface area contributed by atoms with Crippen molar-refractivity contribution in [1.29, 1.82) is 0 Å². The summed E-state index contributed by atoms with van der Waals surface area (Å²) in [5, 5.41) is 30.5. The number of aromatic hydroxyl groups is 2. The number of hydrogen-bond acceptors (Lipinski definition) is 14. The highest BCUT2D eigenvalue weighted by atomic mass is 31.2. The minimum Gasteiger partial charge on any atom is -0.508 e. The largest absolute Gasteiger partial charge is 0.508 e. The molecule has 0 radical (unpaired) electrons. The highest BCUT2D eigenvalue weighted by Gasteiger charge is 2.45. The van der Waals surface area contributed by atoms with Gasteiger partial charge in [0.2, 0.25) is 0 Å². The van der Waals surface area contributed by atoms with Crippen LogP contribution >= 0.6 is 22.1 Å². The molecule has 7 aromatic carbocycles. The summed E-state index contributed by atoms with van der Waals surface area (Å²) in [6.07, 6.45) is -0.0124. The summed E-state index contributed by atoms with van der Waals surface area (Å²) in [6.45, 7) is 1.36. The Morgan fingerprint density at radius 1 is 0.600 bits per heavy atom. The third-order valence-corrected chi connectivity index (χ3v) is 19.6. The number of esters is 3. The average Bonchev–Trinajstić information content (AvgIpc) is 3.69. The normalized spacial score (nSPS) is 21.1. The van der Waals surface area contributed by atoms with E-state index in [-0.39, 0.29) is 48.8 Å². The van der Waals surface area contributed by atoms with Crippen LogP contribution in [0.25, 0.3) is 33.4 Å². The zero-order valence-electron chi connectivity index (χ0n) is 37.5. The fourth-order valence-corrected chi connectivity index (χ4v) is 16.3. The Morgan fingerprint density at radius 3 is 1.59 bits per heavy atom. The number of carbonyl (C=O) groups excluding carboxylic acids is 3. The van der Waals surface area contributed by atoms with Crippen molar-refractivity contribution in [2.24, 2.45) is 11.8 Å². The van der Waals surface area contributed by atoms with Crippen molar-refractivity contribution in [2.45, 2.75) is 13.3 Å². The topological polar surface area (TPSA) is 209 Å². The molecule has 17 heteroatoms. The van der Waals surface area contributed by atoms with Crippen molar-refractivity contribution in [3.63, 3.8) is 0 Å². The van der Waals surface area contributed by atoms with Crippen LogP contribution in [-0.2, 0) is 37.6 Å². The molecule has 4 aliphatic rings. The predicted octanol–water partition coefficient (Wildman–Crippen LogP) is 8.95. The van der Waals surface area contributed by atoms with E-state index in [9.17, 15) is 38.3 Å². The Bertz CT molecular complexity index is 3330. The monoisotopic (exact) mass is 998 g/mol. The second-order valence-corrected chi connectivity index (χ2v) is 23.7. The second kappa shape index (κ2) is 19.7. The first-order valence-electron chi connectivity index (χ1n) is 22.2. The molecule has 70 heavy (non-hydrogen) atoms. The van der Waals surface area contributed by atoms with Crippen molar-refractivity contribution in [3.05, 3.63) is 164 Å². The molecule has 11 rings (SSSR count). The molecule has 0 saturated carbocycles. The van der Waals surface area contributed by atoms with Crippen LogP contribution in [0.5, 0.6) is 28.7 Å². The zero-order chi connectivity index (χ0) is 49.2. The number of rotatable bonds is 8. The number of phenols is 2. The molecule has 0 amide bonds. The lowest BCUT2D eigenvalue weighted by atomic mass is 10.0. The van der Waals surface area contributed by atoms with E-state index < -0.39 is 51.9 Å². The minimum atomic E-state index is -3.56. The van der Waals surface area contributed by atoms with Crippen molar-refractivity contribution in [2.75, 3.05) is 25.5 Å². The first-order valence-corrected chi connectivity index (χ1v) is 27.4. The summed E-state index contributed by atoms with van der Waals surface area (Å²) < 4.78 is 67.8. The standard InChI is InChI=1S/C18H19O5P.C18H13O4P.C17H13O5P/c1-13(18(20)22-11-10-19)12-24(21)17-9-5-3-7-15(17)14-6-2-4-8-16(14)23-24;19-12-9-10-15(20)18(11-12)23(21)17-8-4-2-6-14(17)13-5-1-3-7-16(13)22-23;18-16-9-11(17(19)21-16)10-23(20)15-8-4-2-6-13(15)12-5-1-3-7-14(12)22-23/h2-9,13,19H,10-12H2,1H3;1-11,19-20H;1-8,11H,9-10H2. The maximum atomic E-state index is 13.7. The molecule has 4 aliphatic heterocycles. The molecule has 5 atom stereocenters. The Kier molecular flexibility index (Phi) is 13.4. The molecular weight excluding hydrogens is 953 g/mol. The van der Waals surface area contributed by atoms with Gasteiger partial charge < -0.3 is 38.4 Å². The number of hydrogen-bond donors (Lipinski definition) is 3. The van der Waals surface area contributed by atoms with Gasteiger partial charge >= 0.3 is 25.3 Å². The summed E-state index contributed by atoms with van der Waals surface area (Å²) in [4.78, 5) is 35.0. The van der Waals surface area contributed by atoms with Gasteiger partial charge in [-0.05, 0) is 71.3 Å². The summed E-state index contributed by atoms with van der Waals surface area (Å²) in [5.74, 6) is -1.64. The van der Waals surface area contributed by atoms with E-state index in [2.05, 4.69) is 4.74 Å². The predicted molar refractivity (Wildman–Crippen MR) is 265 cm³/mol. The molecule has 1 fully saturated rings. The molecule has 0 aromatic heterocycles. The summed E-state index contributed by atoms with van der Waals surface area (Å²) >= 11 is 0. The van der Waals surface area contributed by atoms with E-state index in [1.54, 1.807) is 61.5 Å². The Hall–Kier alpha value is -7.20. The number of phenolic OH excluding ortho intramolecular Hbond substituents is 2. The zero-order valence-corrected chi connectivity index (χ0v) is 40.1. The quantitative estimate of drug-likeness (QED) is 0.0562. The fraction of sp³-hybridized carbons (Fsp3) is 0.151. The van der Waals surface area contributed by atoms with Gasteiger partial charge in [0.15, 0.2) is 0 Å². The number of benzene rings is 7. The van der Waals surface area contributed by atoms with Gasteiger partial charge in [-0.2, -0.15) is 0 Å². The number of cyclic esters (lactones) is 2. The molecule has 3 N–H and O–H groups in total. The molecule has 0 bridgehead atoms. The van der Waals surface area contributed by atoms with Gasteiger partial charge in [-0.3, -0.25) is 28.1 Å². The van der Waals surface area contributed by atoms with Gasteiger partial charge in [0.25, 0.3) is 14.7 Å². The van der Waals surface area contributed by atoms with E-state index in [1.165, 1.54) is 18.2 Å². The Balaban J connectivity index is 0.000000130. The lowest BCUT2D eigenvalue weighted by Gasteiger charge is -2.29. The molecular formula is C53H45O14P3. The van der Waals surface area contributed by atoms with E-state index in [0.29, 0.717) is 33.2 Å². The molecule has 0 aliphatic carbocycles. The van der Waals surface area contributed by atoms with Crippen molar-refractivity contribution < 1.29 is 66.4 Å². The van der Waals surface area contributed by atoms with Crippen LogP contribution in [-0.4, -0.2) is 58.8 Å². The van der Waals surface area contributed by atoms with Gasteiger partial charge in [0.05, 0.1) is 58.4 Å². The molecule has 5 unspecified atom stereocenters. The van der Waals surface area contributed by atoms with Crippen LogP contribution in [0.4, 0.5) is 0 Å². The third-order valence-electron chi connectivity index (χ3n) is 12.0. The number of fused-ring (bicyclic) bond motifs is 9. The number of aliphatic hydroxyl groups is 1. The van der Waals surface area contributed by atoms with Gasteiger partial charge in [0, 0.05) is 16.7 Å². The molecule has 7 aromatic rings. The van der Waals surface area contributed by atoms with Crippen LogP contribution in [0.1, 0.15) is 13.3 Å². The van der Waals surface area contributed by atoms with Crippen molar-refractivity contribution >= 4 is 61.2 Å². The first-order chi connectivity index (χ1) is 33.7. The minimum absolute atomic E-state index is 0.0249. The van der Waals surface area contributed by atoms with Crippen LogP contribution in [0.15, 0.2) is 164 Å².